The lowest BCUT2D eigenvalue weighted by atomic mass is 9.97. The van der Waals surface area contributed by atoms with Crippen LogP contribution < -0.4 is 0 Å². The molecule has 1 aliphatic heterocycles. The Hall–Kier alpha value is -0.340. The summed E-state index contributed by atoms with van der Waals surface area (Å²) in [5.41, 5.74) is 4.32. The Balaban J connectivity index is 2.17. The molecule has 0 N–H and O–H groups in total. The highest BCUT2D eigenvalue weighted by Gasteiger charge is 2.29. The first kappa shape index (κ1) is 14.1. The van der Waals surface area contributed by atoms with Crippen LogP contribution >= 0.6 is 15.9 Å². The van der Waals surface area contributed by atoms with Gasteiger partial charge in [0.2, 0.25) is 0 Å². The lowest BCUT2D eigenvalue weighted by Crippen LogP contribution is -2.14. The van der Waals surface area contributed by atoms with Gasteiger partial charge in [-0.2, -0.15) is 0 Å². The van der Waals surface area contributed by atoms with E-state index in [0.717, 1.165) is 19.3 Å². The van der Waals surface area contributed by atoms with Gasteiger partial charge in [0.1, 0.15) is 0 Å². The second-order valence-corrected chi connectivity index (χ2v) is 6.19. The largest absolute Gasteiger partial charge is 0.374 e. The van der Waals surface area contributed by atoms with E-state index in [9.17, 15) is 0 Å². The molecule has 0 radical (unpaired) electrons. The van der Waals surface area contributed by atoms with Gasteiger partial charge >= 0.3 is 0 Å². The fourth-order valence-corrected chi connectivity index (χ4v) is 3.43. The Morgan fingerprint density at radius 2 is 1.94 bits per heavy atom. The zero-order chi connectivity index (χ0) is 13.1. The molecular formula is C16H23BrO. The standard InChI is InChI=1S/C16H23BrO/c1-4-12-7-8-14(10-13(12)5-2)16(17)15-9-6-11(3)18-15/h7-8,10-11,15-16H,4-6,9H2,1-3H3. The molecule has 100 valence electrons. The second-order valence-electron chi connectivity index (χ2n) is 5.20. The van der Waals surface area contributed by atoms with Crippen molar-refractivity contribution in [3.8, 4) is 0 Å². The summed E-state index contributed by atoms with van der Waals surface area (Å²) in [4.78, 5) is 0.332. The maximum absolute atomic E-state index is 5.96. The number of hydrogen-bond donors (Lipinski definition) is 0. The third-order valence-corrected chi connectivity index (χ3v) is 5.02. The van der Waals surface area contributed by atoms with Crippen LogP contribution in [0.3, 0.4) is 0 Å². The Labute approximate surface area is 119 Å². The summed E-state index contributed by atoms with van der Waals surface area (Å²) in [6.07, 6.45) is 5.31. The Kier molecular flexibility index (Phi) is 4.85. The van der Waals surface area contributed by atoms with E-state index in [-0.39, 0.29) is 0 Å². The Bertz CT molecular complexity index is 402. The molecule has 0 aromatic heterocycles. The number of hydrogen-bond acceptors (Lipinski definition) is 1. The predicted octanol–water partition coefficient (Wildman–Crippen LogP) is 4.81. The third kappa shape index (κ3) is 2.97. The molecule has 18 heavy (non-hydrogen) atoms. The van der Waals surface area contributed by atoms with Crippen molar-refractivity contribution in [2.24, 2.45) is 0 Å². The van der Waals surface area contributed by atoms with Crippen LogP contribution in [-0.4, -0.2) is 12.2 Å². The second kappa shape index (κ2) is 6.21. The minimum Gasteiger partial charge on any atom is -0.374 e. The highest BCUT2D eigenvalue weighted by Crippen LogP contribution is 2.36. The summed E-state index contributed by atoms with van der Waals surface area (Å²) < 4.78 is 5.96. The average Bonchev–Trinajstić information content (AvgIpc) is 2.83. The number of benzene rings is 1. The normalized spacial score (nSPS) is 25.3. The van der Waals surface area contributed by atoms with Crippen LogP contribution in [0.5, 0.6) is 0 Å². The highest BCUT2D eigenvalue weighted by molar-refractivity contribution is 9.09. The van der Waals surface area contributed by atoms with Gasteiger partial charge in [-0.05, 0) is 49.3 Å². The smallest absolute Gasteiger partial charge is 0.0745 e. The maximum atomic E-state index is 5.96. The number of halogens is 1. The van der Waals surface area contributed by atoms with Crippen molar-refractivity contribution in [1.29, 1.82) is 0 Å². The van der Waals surface area contributed by atoms with E-state index in [1.165, 1.54) is 23.1 Å². The molecule has 0 saturated carbocycles. The van der Waals surface area contributed by atoms with Crippen molar-refractivity contribution in [3.63, 3.8) is 0 Å². The number of aryl methyl sites for hydroxylation is 2. The van der Waals surface area contributed by atoms with E-state index in [0.29, 0.717) is 17.0 Å². The zero-order valence-electron chi connectivity index (χ0n) is 11.6. The van der Waals surface area contributed by atoms with Crippen LogP contribution in [0.15, 0.2) is 18.2 Å². The fraction of sp³-hybridized carbons (Fsp3) is 0.625. The summed E-state index contributed by atoms with van der Waals surface area (Å²) in [6, 6.07) is 6.88. The van der Waals surface area contributed by atoms with Gasteiger partial charge in [-0.3, -0.25) is 0 Å². The summed E-state index contributed by atoms with van der Waals surface area (Å²) in [7, 11) is 0. The molecular weight excluding hydrogens is 288 g/mol. The van der Waals surface area contributed by atoms with Gasteiger partial charge in [-0.15, -0.1) is 0 Å². The van der Waals surface area contributed by atoms with Crippen molar-refractivity contribution in [2.75, 3.05) is 0 Å². The molecule has 1 nitrogen and oxygen atoms in total. The number of rotatable bonds is 4. The van der Waals surface area contributed by atoms with Crippen LogP contribution in [0.2, 0.25) is 0 Å². The number of ether oxygens (including phenoxy) is 1. The summed E-state index contributed by atoms with van der Waals surface area (Å²) in [5.74, 6) is 0. The Morgan fingerprint density at radius 1 is 1.22 bits per heavy atom. The molecule has 0 bridgehead atoms. The van der Waals surface area contributed by atoms with E-state index in [2.05, 4.69) is 54.9 Å². The molecule has 1 aromatic carbocycles. The van der Waals surface area contributed by atoms with Gasteiger partial charge in [0, 0.05) is 0 Å². The van der Waals surface area contributed by atoms with Crippen molar-refractivity contribution >= 4 is 15.9 Å². The molecule has 0 amide bonds. The summed E-state index contributed by atoms with van der Waals surface area (Å²) >= 11 is 3.83. The SMILES string of the molecule is CCc1ccc(C(Br)C2CCC(C)O2)cc1CC. The first-order valence-electron chi connectivity index (χ1n) is 7.06. The molecule has 1 saturated heterocycles. The van der Waals surface area contributed by atoms with E-state index < -0.39 is 0 Å². The van der Waals surface area contributed by atoms with Crippen LogP contribution in [-0.2, 0) is 17.6 Å². The monoisotopic (exact) mass is 310 g/mol. The van der Waals surface area contributed by atoms with Gasteiger partial charge in [0.15, 0.2) is 0 Å². The first-order valence-corrected chi connectivity index (χ1v) is 7.98. The van der Waals surface area contributed by atoms with Gasteiger partial charge in [-0.25, -0.2) is 0 Å². The molecule has 2 rings (SSSR count). The molecule has 0 spiro atoms. The topological polar surface area (TPSA) is 9.23 Å². The molecule has 3 atom stereocenters. The Morgan fingerprint density at radius 3 is 2.50 bits per heavy atom. The van der Waals surface area contributed by atoms with Crippen LogP contribution in [0.25, 0.3) is 0 Å². The zero-order valence-corrected chi connectivity index (χ0v) is 13.2. The molecule has 1 aliphatic rings. The minimum atomic E-state index is 0.331. The van der Waals surface area contributed by atoms with Crippen molar-refractivity contribution < 1.29 is 4.74 Å². The van der Waals surface area contributed by atoms with Crippen LogP contribution in [0.4, 0.5) is 0 Å². The maximum Gasteiger partial charge on any atom is 0.0745 e. The van der Waals surface area contributed by atoms with Crippen LogP contribution in [0.1, 0.15) is 55.1 Å². The molecule has 1 aromatic rings. The van der Waals surface area contributed by atoms with Gasteiger partial charge < -0.3 is 4.74 Å². The average molecular weight is 311 g/mol. The van der Waals surface area contributed by atoms with Crippen molar-refractivity contribution in [2.45, 2.75) is 63.5 Å². The van der Waals surface area contributed by atoms with E-state index in [1.54, 1.807) is 0 Å². The van der Waals surface area contributed by atoms with E-state index >= 15 is 0 Å². The van der Waals surface area contributed by atoms with Crippen LogP contribution in [0, 0.1) is 0 Å². The summed E-state index contributed by atoms with van der Waals surface area (Å²) in [5, 5.41) is 0. The van der Waals surface area contributed by atoms with Gasteiger partial charge in [0.05, 0.1) is 17.0 Å². The predicted molar refractivity (Wildman–Crippen MR) is 80.4 cm³/mol. The lowest BCUT2D eigenvalue weighted by Gasteiger charge is -2.20. The van der Waals surface area contributed by atoms with Gasteiger partial charge in [-0.1, -0.05) is 48.0 Å². The molecule has 2 heteroatoms. The molecule has 1 fully saturated rings. The first-order chi connectivity index (χ1) is 8.65. The fourth-order valence-electron chi connectivity index (χ4n) is 2.75. The lowest BCUT2D eigenvalue weighted by molar-refractivity contribution is 0.0557. The van der Waals surface area contributed by atoms with Crippen molar-refractivity contribution in [1.82, 2.24) is 0 Å². The molecule has 0 aliphatic carbocycles. The summed E-state index contributed by atoms with van der Waals surface area (Å²) in [6.45, 7) is 6.62. The molecule has 1 heterocycles. The molecule has 3 unspecified atom stereocenters. The quantitative estimate of drug-likeness (QED) is 0.725. The minimum absolute atomic E-state index is 0.331. The third-order valence-electron chi connectivity index (χ3n) is 3.90. The number of alkyl halides is 1. The van der Waals surface area contributed by atoms with Gasteiger partial charge in [0.25, 0.3) is 0 Å². The van der Waals surface area contributed by atoms with Crippen molar-refractivity contribution in [3.05, 3.63) is 34.9 Å². The highest BCUT2D eigenvalue weighted by atomic mass is 79.9. The van der Waals surface area contributed by atoms with E-state index in [1.807, 2.05) is 0 Å². The van der Waals surface area contributed by atoms with E-state index in [4.69, 9.17) is 4.74 Å².